The number of nitrogens with zero attached hydrogens (tertiary/aromatic N) is 2. The number of aromatic nitrogens is 2. The molecule has 2 aromatic heterocycles. The van der Waals surface area contributed by atoms with Crippen LogP contribution in [0.3, 0.4) is 0 Å². The minimum Gasteiger partial charge on any atom is -0.504 e. The van der Waals surface area contributed by atoms with Crippen LogP contribution in [0, 0.1) is 0 Å². The van der Waals surface area contributed by atoms with Gasteiger partial charge in [-0.1, -0.05) is 0 Å². The summed E-state index contributed by atoms with van der Waals surface area (Å²) in [6.07, 6.45) is 7.93. The molecule has 18 heavy (non-hydrogen) atoms. The van der Waals surface area contributed by atoms with Gasteiger partial charge in [-0.15, -0.1) is 0 Å². The largest absolute Gasteiger partial charge is 0.504 e. The zero-order chi connectivity index (χ0) is 12.8. The first kappa shape index (κ1) is 12.2. The van der Waals surface area contributed by atoms with Gasteiger partial charge in [0.1, 0.15) is 0 Å². The molecule has 0 fully saturated rings. The first-order valence-corrected chi connectivity index (χ1v) is 5.79. The van der Waals surface area contributed by atoms with Gasteiger partial charge in [0.05, 0.1) is 11.9 Å². The van der Waals surface area contributed by atoms with Crippen molar-refractivity contribution in [2.75, 3.05) is 5.32 Å². The lowest BCUT2D eigenvalue weighted by Crippen LogP contribution is -2.12. The zero-order valence-electron chi connectivity index (χ0n) is 9.91. The molecule has 0 radical (unpaired) electrons. The number of hydrogen-bond donors (Lipinski definition) is 2. The van der Waals surface area contributed by atoms with Crippen LogP contribution in [0.1, 0.15) is 12.8 Å². The summed E-state index contributed by atoms with van der Waals surface area (Å²) in [6, 6.07) is 5.48. The molecule has 0 aliphatic carbocycles. The summed E-state index contributed by atoms with van der Waals surface area (Å²) in [5, 5.41) is 12.1. The van der Waals surface area contributed by atoms with E-state index in [1.165, 1.54) is 12.4 Å². The summed E-state index contributed by atoms with van der Waals surface area (Å²) in [6.45, 7) is 0.808. The van der Waals surface area contributed by atoms with E-state index in [2.05, 4.69) is 10.3 Å². The van der Waals surface area contributed by atoms with Crippen LogP contribution < -0.4 is 5.32 Å². The molecule has 1 amide bonds. The van der Waals surface area contributed by atoms with E-state index in [1.807, 2.05) is 29.1 Å². The molecule has 2 N–H and O–H groups in total. The fourth-order valence-corrected chi connectivity index (χ4v) is 1.65. The fraction of sp³-hybridized carbons (Fsp3) is 0.231. The standard InChI is InChI=1S/C13H15N3O2/c17-12-10-14-6-5-11(12)15-13(18)4-3-9-16-7-1-2-8-16/h1-2,5-8,10,17H,3-4,9H2,(H,14,15,18). The topological polar surface area (TPSA) is 67.2 Å². The number of carbonyl (C=O) groups is 1. The zero-order valence-corrected chi connectivity index (χ0v) is 9.91. The lowest BCUT2D eigenvalue weighted by atomic mass is 10.2. The molecule has 5 heteroatoms. The SMILES string of the molecule is O=C(CCCn1cccc1)Nc1ccncc1O. The third kappa shape index (κ3) is 3.35. The number of pyridine rings is 1. The molecule has 2 heterocycles. The molecule has 0 bridgehead atoms. The number of amides is 1. The van der Waals surface area contributed by atoms with Crippen LogP contribution in [-0.2, 0) is 11.3 Å². The predicted octanol–water partition coefficient (Wildman–Crippen LogP) is 2.01. The number of aryl methyl sites for hydroxylation is 1. The minimum atomic E-state index is -0.108. The normalized spacial score (nSPS) is 10.2. The Labute approximate surface area is 105 Å². The number of rotatable bonds is 5. The number of hydrogen-bond acceptors (Lipinski definition) is 3. The van der Waals surface area contributed by atoms with Gasteiger partial charge < -0.3 is 15.0 Å². The first-order chi connectivity index (χ1) is 8.75. The second-order valence-electron chi connectivity index (χ2n) is 3.97. The van der Waals surface area contributed by atoms with E-state index in [0.717, 1.165) is 13.0 Å². The summed E-state index contributed by atoms with van der Waals surface area (Å²) in [7, 11) is 0. The van der Waals surface area contributed by atoms with Gasteiger partial charge >= 0.3 is 0 Å². The number of anilines is 1. The summed E-state index contributed by atoms with van der Waals surface area (Å²) in [5.41, 5.74) is 0.399. The highest BCUT2D eigenvalue weighted by Gasteiger charge is 2.05. The van der Waals surface area contributed by atoms with Crippen molar-refractivity contribution < 1.29 is 9.90 Å². The van der Waals surface area contributed by atoms with Crippen LogP contribution in [-0.4, -0.2) is 20.6 Å². The van der Waals surface area contributed by atoms with Gasteiger partial charge in [0.15, 0.2) is 5.75 Å². The molecule has 94 valence electrons. The van der Waals surface area contributed by atoms with Crippen molar-refractivity contribution in [3.63, 3.8) is 0 Å². The van der Waals surface area contributed by atoms with Gasteiger partial charge in [0, 0.05) is 31.6 Å². The van der Waals surface area contributed by atoms with E-state index in [4.69, 9.17) is 0 Å². The summed E-state index contributed by atoms with van der Waals surface area (Å²) in [5.74, 6) is -0.125. The smallest absolute Gasteiger partial charge is 0.224 e. The van der Waals surface area contributed by atoms with E-state index in [0.29, 0.717) is 12.1 Å². The molecule has 2 rings (SSSR count). The lowest BCUT2D eigenvalue weighted by molar-refractivity contribution is -0.116. The predicted molar refractivity (Wildman–Crippen MR) is 68.2 cm³/mol. The van der Waals surface area contributed by atoms with Crippen molar-refractivity contribution in [3.8, 4) is 5.75 Å². The Kier molecular flexibility index (Phi) is 3.96. The molecule has 2 aromatic rings. The molecule has 0 aromatic carbocycles. The summed E-state index contributed by atoms with van der Waals surface area (Å²) < 4.78 is 2.02. The average molecular weight is 245 g/mol. The molecule has 0 unspecified atom stereocenters. The quantitative estimate of drug-likeness (QED) is 0.846. The highest BCUT2D eigenvalue weighted by molar-refractivity contribution is 5.91. The molecular formula is C13H15N3O2. The van der Waals surface area contributed by atoms with Crippen molar-refractivity contribution in [2.24, 2.45) is 0 Å². The second kappa shape index (κ2) is 5.86. The number of aromatic hydroxyl groups is 1. The molecule has 0 saturated carbocycles. The Morgan fingerprint density at radius 2 is 2.17 bits per heavy atom. The van der Waals surface area contributed by atoms with Gasteiger partial charge in [-0.05, 0) is 24.6 Å². The van der Waals surface area contributed by atoms with Crippen LogP contribution in [0.5, 0.6) is 5.75 Å². The third-order valence-corrected chi connectivity index (χ3v) is 2.56. The monoisotopic (exact) mass is 245 g/mol. The van der Waals surface area contributed by atoms with Crippen LogP contribution in [0.15, 0.2) is 43.0 Å². The van der Waals surface area contributed by atoms with Crippen LogP contribution in [0.25, 0.3) is 0 Å². The molecular weight excluding hydrogens is 230 g/mol. The van der Waals surface area contributed by atoms with Crippen LogP contribution >= 0.6 is 0 Å². The van der Waals surface area contributed by atoms with E-state index in [-0.39, 0.29) is 11.7 Å². The van der Waals surface area contributed by atoms with Crippen LogP contribution in [0.4, 0.5) is 5.69 Å². The van der Waals surface area contributed by atoms with Crippen molar-refractivity contribution >= 4 is 11.6 Å². The van der Waals surface area contributed by atoms with Crippen molar-refractivity contribution in [2.45, 2.75) is 19.4 Å². The maximum absolute atomic E-state index is 11.6. The Morgan fingerprint density at radius 3 is 2.89 bits per heavy atom. The first-order valence-electron chi connectivity index (χ1n) is 5.79. The number of nitrogens with one attached hydrogen (secondary N) is 1. The molecule has 0 atom stereocenters. The Hall–Kier alpha value is -2.30. The minimum absolute atomic E-state index is 0.0174. The highest BCUT2D eigenvalue weighted by Crippen LogP contribution is 2.20. The molecule has 0 aliphatic heterocycles. The maximum atomic E-state index is 11.6. The van der Waals surface area contributed by atoms with E-state index < -0.39 is 0 Å². The van der Waals surface area contributed by atoms with Gasteiger partial charge in [0.25, 0.3) is 0 Å². The van der Waals surface area contributed by atoms with Gasteiger partial charge in [-0.3, -0.25) is 9.78 Å². The molecule has 5 nitrogen and oxygen atoms in total. The van der Waals surface area contributed by atoms with Gasteiger partial charge in [-0.25, -0.2) is 0 Å². The van der Waals surface area contributed by atoms with Crippen LogP contribution in [0.2, 0.25) is 0 Å². The third-order valence-electron chi connectivity index (χ3n) is 2.56. The Morgan fingerprint density at radius 1 is 1.39 bits per heavy atom. The Bertz CT molecular complexity index is 509. The number of carbonyl (C=O) groups excluding carboxylic acids is 1. The Balaban J connectivity index is 1.77. The van der Waals surface area contributed by atoms with E-state index in [1.54, 1.807) is 6.07 Å². The second-order valence-corrected chi connectivity index (χ2v) is 3.97. The van der Waals surface area contributed by atoms with E-state index >= 15 is 0 Å². The highest BCUT2D eigenvalue weighted by atomic mass is 16.3. The summed E-state index contributed by atoms with van der Waals surface area (Å²) >= 11 is 0. The summed E-state index contributed by atoms with van der Waals surface area (Å²) in [4.78, 5) is 15.4. The molecule has 0 aliphatic rings. The fourth-order valence-electron chi connectivity index (χ4n) is 1.65. The van der Waals surface area contributed by atoms with Crippen molar-refractivity contribution in [3.05, 3.63) is 43.0 Å². The molecule has 0 spiro atoms. The van der Waals surface area contributed by atoms with E-state index in [9.17, 15) is 9.90 Å². The lowest BCUT2D eigenvalue weighted by Gasteiger charge is -2.06. The van der Waals surface area contributed by atoms with Gasteiger partial charge in [-0.2, -0.15) is 0 Å². The molecule has 0 saturated heterocycles. The van der Waals surface area contributed by atoms with Crippen molar-refractivity contribution in [1.29, 1.82) is 0 Å². The van der Waals surface area contributed by atoms with Crippen molar-refractivity contribution in [1.82, 2.24) is 9.55 Å². The average Bonchev–Trinajstić information content (AvgIpc) is 2.85. The maximum Gasteiger partial charge on any atom is 0.224 e. The van der Waals surface area contributed by atoms with Gasteiger partial charge in [0.2, 0.25) is 5.91 Å².